The van der Waals surface area contributed by atoms with Gasteiger partial charge < -0.3 is 9.84 Å². The van der Waals surface area contributed by atoms with E-state index in [1.54, 1.807) is 62.6 Å². The first-order valence-corrected chi connectivity index (χ1v) is 7.35. The van der Waals surface area contributed by atoms with Crippen LogP contribution in [0.3, 0.4) is 0 Å². The van der Waals surface area contributed by atoms with Gasteiger partial charge in [0.2, 0.25) is 0 Å². The Kier molecular flexibility index (Phi) is 3.88. The maximum absolute atomic E-state index is 12.7. The number of ether oxygens (including phenoxy) is 1. The lowest BCUT2D eigenvalue weighted by Gasteiger charge is -2.31. The fraction of sp³-hybridized carbons (Fsp3) is 0.222. The Morgan fingerprint density at radius 3 is 2.43 bits per heavy atom. The second-order valence-electron chi connectivity index (χ2n) is 5.54. The Balaban J connectivity index is 1.98. The van der Waals surface area contributed by atoms with E-state index in [2.05, 4.69) is 5.10 Å². The third-order valence-corrected chi connectivity index (χ3v) is 3.89. The number of hydrogen-bond acceptors (Lipinski definition) is 4. The molecule has 1 amide bonds. The minimum atomic E-state index is -1.48. The number of methoxy groups -OCH3 is 1. The number of benzene rings is 2. The van der Waals surface area contributed by atoms with Gasteiger partial charge in [-0.2, -0.15) is 10.1 Å². The molecule has 0 aromatic heterocycles. The highest BCUT2D eigenvalue weighted by atomic mass is 16.5. The van der Waals surface area contributed by atoms with E-state index in [4.69, 9.17) is 4.74 Å². The van der Waals surface area contributed by atoms with Gasteiger partial charge in [0, 0.05) is 23.3 Å². The Morgan fingerprint density at radius 1 is 1.17 bits per heavy atom. The molecular weight excluding hydrogens is 292 g/mol. The van der Waals surface area contributed by atoms with Gasteiger partial charge in [-0.05, 0) is 31.2 Å². The molecule has 1 atom stereocenters. The molecule has 0 fully saturated rings. The van der Waals surface area contributed by atoms with Crippen molar-refractivity contribution in [2.24, 2.45) is 5.10 Å². The summed E-state index contributed by atoms with van der Waals surface area (Å²) < 4.78 is 5.14. The summed E-state index contributed by atoms with van der Waals surface area (Å²) in [5.74, 6) is 0.356. The molecule has 5 nitrogen and oxygen atoms in total. The van der Waals surface area contributed by atoms with Crippen LogP contribution in [-0.2, 0) is 5.72 Å². The van der Waals surface area contributed by atoms with Crippen molar-refractivity contribution < 1.29 is 14.6 Å². The molecule has 0 spiro atoms. The summed E-state index contributed by atoms with van der Waals surface area (Å²) in [5, 5.41) is 16.6. The van der Waals surface area contributed by atoms with Crippen LogP contribution in [0.25, 0.3) is 0 Å². The molecule has 3 rings (SSSR count). The Hall–Kier alpha value is -2.66. The molecule has 5 heteroatoms. The Morgan fingerprint density at radius 2 is 1.83 bits per heavy atom. The second kappa shape index (κ2) is 5.85. The third-order valence-electron chi connectivity index (χ3n) is 3.89. The van der Waals surface area contributed by atoms with Gasteiger partial charge in [0.15, 0.2) is 5.72 Å². The molecular formula is C18H18N2O3. The predicted molar refractivity (Wildman–Crippen MR) is 87.2 cm³/mol. The van der Waals surface area contributed by atoms with Gasteiger partial charge in [0.25, 0.3) is 5.91 Å². The zero-order chi connectivity index (χ0) is 16.4. The summed E-state index contributed by atoms with van der Waals surface area (Å²) in [6, 6.07) is 15.8. The van der Waals surface area contributed by atoms with Crippen molar-refractivity contribution in [3.05, 3.63) is 65.7 Å². The third kappa shape index (κ3) is 2.71. The van der Waals surface area contributed by atoms with E-state index < -0.39 is 5.72 Å². The Labute approximate surface area is 134 Å². The molecule has 0 radical (unpaired) electrons. The highest BCUT2D eigenvalue weighted by molar-refractivity contribution is 5.97. The molecule has 2 aromatic rings. The SMILES string of the molecule is COc1ccc([C@]2(O)CC(C)=NN2C(=O)c2ccccc2)cc1. The van der Waals surface area contributed by atoms with E-state index in [1.807, 2.05) is 6.07 Å². The molecule has 0 aliphatic carbocycles. The zero-order valence-corrected chi connectivity index (χ0v) is 13.1. The van der Waals surface area contributed by atoms with Gasteiger partial charge in [-0.3, -0.25) is 4.79 Å². The van der Waals surface area contributed by atoms with Gasteiger partial charge in [0.1, 0.15) is 5.75 Å². The van der Waals surface area contributed by atoms with Crippen LogP contribution in [0.4, 0.5) is 0 Å². The van der Waals surface area contributed by atoms with Crippen LogP contribution in [0.1, 0.15) is 29.3 Å². The van der Waals surface area contributed by atoms with Crippen molar-refractivity contribution >= 4 is 11.6 Å². The van der Waals surface area contributed by atoms with Crippen molar-refractivity contribution in [2.75, 3.05) is 7.11 Å². The molecule has 0 bridgehead atoms. The molecule has 1 N–H and O–H groups in total. The summed E-state index contributed by atoms with van der Waals surface area (Å²) in [7, 11) is 1.58. The van der Waals surface area contributed by atoms with Gasteiger partial charge in [-0.15, -0.1) is 0 Å². The standard InChI is InChI=1S/C18H18N2O3/c1-13-12-18(22,15-8-10-16(23-2)11-9-15)20(19-13)17(21)14-6-4-3-5-7-14/h3-11,22H,12H2,1-2H3/t18-/m1/s1. The minimum absolute atomic E-state index is 0.276. The first-order chi connectivity index (χ1) is 11.0. The van der Waals surface area contributed by atoms with E-state index >= 15 is 0 Å². The number of carbonyl (C=O) groups is 1. The summed E-state index contributed by atoms with van der Waals surface area (Å²) in [5.41, 5.74) is 0.303. The highest BCUT2D eigenvalue weighted by Crippen LogP contribution is 2.36. The fourth-order valence-corrected chi connectivity index (χ4v) is 2.72. The molecule has 0 saturated heterocycles. The van der Waals surface area contributed by atoms with Crippen molar-refractivity contribution in [3.8, 4) is 5.75 Å². The summed E-state index contributed by atoms with van der Waals surface area (Å²) >= 11 is 0. The molecule has 1 aliphatic rings. The average Bonchev–Trinajstić information content (AvgIpc) is 2.91. The first kappa shape index (κ1) is 15.2. The fourth-order valence-electron chi connectivity index (χ4n) is 2.72. The molecule has 1 aliphatic heterocycles. The lowest BCUT2D eigenvalue weighted by Crippen LogP contribution is -2.43. The quantitative estimate of drug-likeness (QED) is 0.948. The zero-order valence-electron chi connectivity index (χ0n) is 13.1. The number of aliphatic hydroxyl groups is 1. The lowest BCUT2D eigenvalue weighted by atomic mass is 9.97. The van der Waals surface area contributed by atoms with Gasteiger partial charge in [-0.1, -0.05) is 30.3 Å². The topological polar surface area (TPSA) is 62.1 Å². The Bertz CT molecular complexity index is 741. The van der Waals surface area contributed by atoms with Crippen LogP contribution in [0.5, 0.6) is 5.75 Å². The molecule has 2 aromatic carbocycles. The van der Waals surface area contributed by atoms with Crippen LogP contribution in [0, 0.1) is 0 Å². The number of rotatable bonds is 3. The second-order valence-corrected chi connectivity index (χ2v) is 5.54. The van der Waals surface area contributed by atoms with Crippen molar-refractivity contribution in [3.63, 3.8) is 0 Å². The normalized spacial score (nSPS) is 20.3. The van der Waals surface area contributed by atoms with Gasteiger partial charge >= 0.3 is 0 Å². The maximum Gasteiger partial charge on any atom is 0.276 e. The summed E-state index contributed by atoms with van der Waals surface area (Å²) in [6.45, 7) is 1.80. The highest BCUT2D eigenvalue weighted by Gasteiger charge is 2.45. The van der Waals surface area contributed by atoms with E-state index in [0.717, 1.165) is 0 Å². The minimum Gasteiger partial charge on any atom is -0.497 e. The molecule has 0 saturated carbocycles. The molecule has 23 heavy (non-hydrogen) atoms. The molecule has 1 heterocycles. The van der Waals surface area contributed by atoms with Crippen molar-refractivity contribution in [1.29, 1.82) is 0 Å². The lowest BCUT2D eigenvalue weighted by molar-refractivity contribution is -0.0765. The van der Waals surface area contributed by atoms with Crippen LogP contribution in [-0.4, -0.2) is 28.8 Å². The summed E-state index contributed by atoms with van der Waals surface area (Å²) in [4.78, 5) is 12.7. The number of carbonyl (C=O) groups excluding carboxylic acids is 1. The first-order valence-electron chi connectivity index (χ1n) is 7.35. The average molecular weight is 310 g/mol. The van der Waals surface area contributed by atoms with E-state index in [-0.39, 0.29) is 12.3 Å². The smallest absolute Gasteiger partial charge is 0.276 e. The van der Waals surface area contributed by atoms with E-state index in [1.165, 1.54) is 5.01 Å². The molecule has 0 unspecified atom stereocenters. The number of hydrazone groups is 1. The van der Waals surface area contributed by atoms with Crippen molar-refractivity contribution in [2.45, 2.75) is 19.1 Å². The van der Waals surface area contributed by atoms with E-state index in [0.29, 0.717) is 22.6 Å². The molecule has 118 valence electrons. The number of hydrogen-bond donors (Lipinski definition) is 1. The van der Waals surface area contributed by atoms with Crippen LogP contribution in [0.15, 0.2) is 59.7 Å². The van der Waals surface area contributed by atoms with Crippen LogP contribution < -0.4 is 4.74 Å². The van der Waals surface area contributed by atoms with E-state index in [9.17, 15) is 9.90 Å². The van der Waals surface area contributed by atoms with Crippen molar-refractivity contribution in [1.82, 2.24) is 5.01 Å². The van der Waals surface area contributed by atoms with Gasteiger partial charge in [-0.25, -0.2) is 0 Å². The van der Waals surface area contributed by atoms with Gasteiger partial charge in [0.05, 0.1) is 7.11 Å². The largest absolute Gasteiger partial charge is 0.497 e. The van der Waals surface area contributed by atoms with Crippen LogP contribution >= 0.6 is 0 Å². The monoisotopic (exact) mass is 310 g/mol. The summed E-state index contributed by atoms with van der Waals surface area (Å²) in [6.07, 6.45) is 0.276. The number of amides is 1. The maximum atomic E-state index is 12.7. The van der Waals surface area contributed by atoms with Crippen LogP contribution in [0.2, 0.25) is 0 Å². The number of nitrogens with zero attached hydrogens (tertiary/aromatic N) is 2. The predicted octanol–water partition coefficient (Wildman–Crippen LogP) is 2.76.